The number of carbonyl (C=O) groups excluding carboxylic acids is 2. The molecule has 2 heterocycles. The first-order valence-corrected chi connectivity index (χ1v) is 8.86. The zero-order chi connectivity index (χ0) is 19.0. The standard InChI is InChI=1S/C22H20O5/c1-13(23)20-15(11-19(24)25-2)10-16-17-8-9-18(27-17)21(16)22(20)26-12-14-6-4-3-5-7-14/h3-10,17-18H,11-12H2,1-2H3. The Balaban J connectivity index is 1.80. The van der Waals surface area contributed by atoms with E-state index in [9.17, 15) is 9.59 Å². The molecule has 2 aliphatic rings. The molecule has 5 nitrogen and oxygen atoms in total. The number of methoxy groups -OCH3 is 1. The molecule has 0 amide bonds. The van der Waals surface area contributed by atoms with Crippen LogP contribution >= 0.6 is 0 Å². The number of ketones is 1. The van der Waals surface area contributed by atoms with Gasteiger partial charge in [-0.3, -0.25) is 9.59 Å². The Morgan fingerprint density at radius 3 is 2.56 bits per heavy atom. The van der Waals surface area contributed by atoms with Crippen LogP contribution in [0.5, 0.6) is 5.75 Å². The molecule has 2 aromatic rings. The molecule has 2 aliphatic heterocycles. The molecule has 4 rings (SSSR count). The summed E-state index contributed by atoms with van der Waals surface area (Å²) in [6.45, 7) is 1.82. The van der Waals surface area contributed by atoms with E-state index in [-0.39, 0.29) is 24.4 Å². The lowest BCUT2D eigenvalue weighted by Crippen LogP contribution is -2.14. The highest BCUT2D eigenvalue weighted by Gasteiger charge is 2.39. The zero-order valence-corrected chi connectivity index (χ0v) is 15.2. The number of esters is 1. The third kappa shape index (κ3) is 3.15. The first-order chi connectivity index (χ1) is 13.1. The van der Waals surface area contributed by atoms with Crippen molar-refractivity contribution in [2.75, 3.05) is 7.11 Å². The predicted molar refractivity (Wildman–Crippen MR) is 98.6 cm³/mol. The van der Waals surface area contributed by atoms with E-state index in [4.69, 9.17) is 14.2 Å². The van der Waals surface area contributed by atoms with E-state index in [1.807, 2.05) is 48.6 Å². The molecule has 0 N–H and O–H groups in total. The van der Waals surface area contributed by atoms with Gasteiger partial charge in [-0.25, -0.2) is 0 Å². The smallest absolute Gasteiger partial charge is 0.310 e. The number of rotatable bonds is 6. The molecule has 5 heteroatoms. The van der Waals surface area contributed by atoms with Gasteiger partial charge in [-0.05, 0) is 23.6 Å². The molecule has 2 bridgehead atoms. The Kier molecular flexibility index (Phi) is 4.54. The fourth-order valence-corrected chi connectivity index (χ4v) is 3.70. The quantitative estimate of drug-likeness (QED) is 0.442. The molecule has 0 radical (unpaired) electrons. The second-order valence-corrected chi connectivity index (χ2v) is 6.69. The average molecular weight is 364 g/mol. The van der Waals surface area contributed by atoms with Crippen LogP contribution in [0.15, 0.2) is 48.6 Å². The molecular weight excluding hydrogens is 344 g/mol. The minimum absolute atomic E-state index is 0.0154. The van der Waals surface area contributed by atoms with Gasteiger partial charge in [0.05, 0.1) is 19.1 Å². The number of hydrogen-bond donors (Lipinski definition) is 0. The van der Waals surface area contributed by atoms with E-state index >= 15 is 0 Å². The molecule has 0 aliphatic carbocycles. The van der Waals surface area contributed by atoms with Gasteiger partial charge in [-0.2, -0.15) is 0 Å². The molecule has 0 saturated carbocycles. The van der Waals surface area contributed by atoms with E-state index in [1.54, 1.807) is 0 Å². The van der Waals surface area contributed by atoms with Gasteiger partial charge >= 0.3 is 5.97 Å². The van der Waals surface area contributed by atoms with Crippen LogP contribution in [0.3, 0.4) is 0 Å². The summed E-state index contributed by atoms with van der Waals surface area (Å²) < 4.78 is 16.9. The Bertz CT molecular complexity index is 929. The van der Waals surface area contributed by atoms with Crippen molar-refractivity contribution >= 4 is 11.8 Å². The lowest BCUT2D eigenvalue weighted by molar-refractivity contribution is -0.139. The number of hydrogen-bond acceptors (Lipinski definition) is 5. The van der Waals surface area contributed by atoms with E-state index in [2.05, 4.69) is 0 Å². The minimum atomic E-state index is -0.397. The summed E-state index contributed by atoms with van der Waals surface area (Å²) >= 11 is 0. The average Bonchev–Trinajstić information content (AvgIpc) is 3.28. The van der Waals surface area contributed by atoms with Crippen LogP contribution in [0.4, 0.5) is 0 Å². The highest BCUT2D eigenvalue weighted by atomic mass is 16.5. The molecule has 0 aromatic heterocycles. The molecule has 2 aromatic carbocycles. The summed E-state index contributed by atoms with van der Waals surface area (Å²) in [5.41, 5.74) is 3.88. The molecular formula is C22H20O5. The van der Waals surface area contributed by atoms with Gasteiger partial charge in [0.25, 0.3) is 0 Å². The van der Waals surface area contributed by atoms with Crippen LogP contribution in [-0.4, -0.2) is 18.9 Å². The highest BCUT2D eigenvalue weighted by molar-refractivity contribution is 6.00. The normalized spacial score (nSPS) is 19.0. The zero-order valence-electron chi connectivity index (χ0n) is 15.2. The maximum Gasteiger partial charge on any atom is 0.310 e. The van der Waals surface area contributed by atoms with Crippen LogP contribution in [-0.2, 0) is 27.3 Å². The van der Waals surface area contributed by atoms with Crippen LogP contribution in [0, 0.1) is 0 Å². The summed E-state index contributed by atoms with van der Waals surface area (Å²) in [7, 11) is 1.34. The Morgan fingerprint density at radius 2 is 1.85 bits per heavy atom. The molecule has 27 heavy (non-hydrogen) atoms. The molecule has 138 valence electrons. The summed E-state index contributed by atoms with van der Waals surface area (Å²) in [6, 6.07) is 11.6. The molecule has 2 unspecified atom stereocenters. The van der Waals surface area contributed by atoms with Gasteiger partial charge < -0.3 is 14.2 Å². The van der Waals surface area contributed by atoms with E-state index < -0.39 is 5.97 Å². The van der Waals surface area contributed by atoms with Gasteiger partial charge in [0.1, 0.15) is 24.6 Å². The van der Waals surface area contributed by atoms with Crippen molar-refractivity contribution in [3.8, 4) is 5.75 Å². The monoisotopic (exact) mass is 364 g/mol. The SMILES string of the molecule is COC(=O)Cc1cc2c(c(OCc3ccccc3)c1C(C)=O)C1C=CC2O1. The topological polar surface area (TPSA) is 61.8 Å². The van der Waals surface area contributed by atoms with Crippen LogP contribution in [0.1, 0.15) is 51.7 Å². The van der Waals surface area contributed by atoms with Crippen molar-refractivity contribution in [3.63, 3.8) is 0 Å². The largest absolute Gasteiger partial charge is 0.488 e. The van der Waals surface area contributed by atoms with Crippen LogP contribution in [0.2, 0.25) is 0 Å². The van der Waals surface area contributed by atoms with Crippen molar-refractivity contribution in [3.05, 3.63) is 76.4 Å². The van der Waals surface area contributed by atoms with E-state index in [1.165, 1.54) is 14.0 Å². The Labute approximate surface area is 157 Å². The van der Waals surface area contributed by atoms with Gasteiger partial charge in [-0.1, -0.05) is 48.6 Å². The molecule has 2 atom stereocenters. The number of fused-ring (bicyclic) bond motifs is 5. The van der Waals surface area contributed by atoms with Crippen LogP contribution in [0.25, 0.3) is 0 Å². The van der Waals surface area contributed by atoms with Gasteiger partial charge in [0.15, 0.2) is 5.78 Å². The second kappa shape index (κ2) is 7.00. The third-order valence-electron chi connectivity index (χ3n) is 4.92. The lowest BCUT2D eigenvalue weighted by atomic mass is 9.88. The second-order valence-electron chi connectivity index (χ2n) is 6.69. The molecule has 0 fully saturated rings. The number of carbonyl (C=O) groups is 2. The number of benzene rings is 2. The fraction of sp³-hybridized carbons (Fsp3) is 0.273. The first-order valence-electron chi connectivity index (χ1n) is 8.86. The Hall–Kier alpha value is -2.92. The highest BCUT2D eigenvalue weighted by Crippen LogP contribution is 2.51. The van der Waals surface area contributed by atoms with Crippen LogP contribution < -0.4 is 4.74 Å². The fourth-order valence-electron chi connectivity index (χ4n) is 3.70. The number of Topliss-reactive ketones (excluding diaryl/α,β-unsaturated/α-hetero) is 1. The third-order valence-corrected chi connectivity index (χ3v) is 4.92. The van der Waals surface area contributed by atoms with E-state index in [0.717, 1.165) is 16.7 Å². The maximum atomic E-state index is 12.5. The van der Waals surface area contributed by atoms with Crippen molar-refractivity contribution < 1.29 is 23.8 Å². The van der Waals surface area contributed by atoms with Crippen molar-refractivity contribution in [2.45, 2.75) is 32.2 Å². The first kappa shape index (κ1) is 17.5. The van der Waals surface area contributed by atoms with Crippen molar-refractivity contribution in [2.24, 2.45) is 0 Å². The van der Waals surface area contributed by atoms with E-state index in [0.29, 0.717) is 23.5 Å². The molecule has 0 spiro atoms. The van der Waals surface area contributed by atoms with Gasteiger partial charge in [-0.15, -0.1) is 0 Å². The van der Waals surface area contributed by atoms with Crippen molar-refractivity contribution in [1.29, 1.82) is 0 Å². The maximum absolute atomic E-state index is 12.5. The van der Waals surface area contributed by atoms with Gasteiger partial charge in [0, 0.05) is 5.56 Å². The Morgan fingerprint density at radius 1 is 1.11 bits per heavy atom. The van der Waals surface area contributed by atoms with Gasteiger partial charge in [0.2, 0.25) is 0 Å². The van der Waals surface area contributed by atoms with Crippen molar-refractivity contribution in [1.82, 2.24) is 0 Å². The summed E-state index contributed by atoms with van der Waals surface area (Å²) in [4.78, 5) is 24.4. The summed E-state index contributed by atoms with van der Waals surface area (Å²) in [5, 5.41) is 0. The molecule has 0 saturated heterocycles. The minimum Gasteiger partial charge on any atom is -0.488 e. The lowest BCUT2D eigenvalue weighted by Gasteiger charge is -2.20. The summed E-state index contributed by atoms with van der Waals surface area (Å²) in [5.74, 6) is -0.0304. The number of ether oxygens (including phenoxy) is 3. The summed E-state index contributed by atoms with van der Waals surface area (Å²) in [6.07, 6.45) is 3.60. The predicted octanol–water partition coefficient (Wildman–Crippen LogP) is 3.87.